The monoisotopic (exact) mass is 376 g/mol. The lowest BCUT2D eigenvalue weighted by Gasteiger charge is -2.24. The Labute approximate surface area is 157 Å². The third-order valence-electron chi connectivity index (χ3n) is 4.32. The van der Waals surface area contributed by atoms with Crippen molar-refractivity contribution in [2.24, 2.45) is 0 Å². The van der Waals surface area contributed by atoms with Crippen LogP contribution in [0.15, 0.2) is 28.6 Å². The van der Waals surface area contributed by atoms with E-state index in [9.17, 15) is 4.79 Å². The highest BCUT2D eigenvalue weighted by Crippen LogP contribution is 2.29. The highest BCUT2D eigenvalue weighted by Gasteiger charge is 2.16. The zero-order chi connectivity index (χ0) is 17.5. The largest absolute Gasteiger partial charge is 0.342 e. The van der Waals surface area contributed by atoms with Crippen LogP contribution in [0.4, 0.5) is 10.8 Å². The fraction of sp³-hybridized carbons (Fsp3) is 0.500. The summed E-state index contributed by atoms with van der Waals surface area (Å²) in [4.78, 5) is 14.4. The van der Waals surface area contributed by atoms with E-state index in [4.69, 9.17) is 0 Å². The number of aryl methyl sites for hydroxylation is 1. The van der Waals surface area contributed by atoms with Gasteiger partial charge >= 0.3 is 0 Å². The van der Waals surface area contributed by atoms with Crippen molar-refractivity contribution in [3.8, 4) is 0 Å². The standard InChI is InChI=1S/C18H24N4OS2/c1-14-9-5-6-10-15(14)19-17-20-21-18(25-17)24-13-16(23)22-11-7-3-2-4-8-12-22/h5-6,9-10H,2-4,7-8,11-13H2,1H3,(H,19,20). The van der Waals surface area contributed by atoms with Crippen molar-refractivity contribution in [3.05, 3.63) is 29.8 Å². The number of rotatable bonds is 5. The number of para-hydroxylation sites is 1. The van der Waals surface area contributed by atoms with Gasteiger partial charge in [-0.05, 0) is 31.4 Å². The number of anilines is 2. The summed E-state index contributed by atoms with van der Waals surface area (Å²) < 4.78 is 0.830. The lowest BCUT2D eigenvalue weighted by Crippen LogP contribution is -2.35. The van der Waals surface area contributed by atoms with E-state index in [1.165, 1.54) is 47.9 Å². The minimum atomic E-state index is 0.218. The Morgan fingerprint density at radius 3 is 2.64 bits per heavy atom. The number of thioether (sulfide) groups is 1. The Kier molecular flexibility index (Phi) is 6.69. The summed E-state index contributed by atoms with van der Waals surface area (Å²) in [6, 6.07) is 8.09. The summed E-state index contributed by atoms with van der Waals surface area (Å²) in [5, 5.41) is 12.4. The van der Waals surface area contributed by atoms with Crippen LogP contribution in [0.1, 0.15) is 37.7 Å². The molecule has 1 amide bonds. The van der Waals surface area contributed by atoms with Gasteiger partial charge in [0.25, 0.3) is 0 Å². The molecule has 0 radical (unpaired) electrons. The number of amides is 1. The molecule has 1 aromatic heterocycles. The molecule has 0 saturated carbocycles. The molecule has 0 spiro atoms. The third kappa shape index (κ3) is 5.44. The summed E-state index contributed by atoms with van der Waals surface area (Å²) in [6.07, 6.45) is 6.03. The van der Waals surface area contributed by atoms with Gasteiger partial charge in [0, 0.05) is 18.8 Å². The quantitative estimate of drug-likeness (QED) is 0.780. The van der Waals surface area contributed by atoms with Gasteiger partial charge in [-0.15, -0.1) is 10.2 Å². The minimum Gasteiger partial charge on any atom is -0.342 e. The van der Waals surface area contributed by atoms with Gasteiger partial charge in [-0.25, -0.2) is 0 Å². The molecule has 1 aliphatic heterocycles. The molecule has 0 atom stereocenters. The summed E-state index contributed by atoms with van der Waals surface area (Å²) >= 11 is 2.97. The van der Waals surface area contributed by atoms with E-state index in [0.717, 1.165) is 41.1 Å². The second-order valence-electron chi connectivity index (χ2n) is 6.25. The van der Waals surface area contributed by atoms with Gasteiger partial charge in [-0.3, -0.25) is 4.79 Å². The van der Waals surface area contributed by atoms with E-state index in [-0.39, 0.29) is 5.91 Å². The van der Waals surface area contributed by atoms with Gasteiger partial charge in [-0.2, -0.15) is 0 Å². The van der Waals surface area contributed by atoms with Crippen LogP contribution in [0.2, 0.25) is 0 Å². The van der Waals surface area contributed by atoms with E-state index >= 15 is 0 Å². The maximum absolute atomic E-state index is 12.4. The lowest BCUT2D eigenvalue weighted by atomic mass is 10.1. The maximum atomic E-state index is 12.4. The molecule has 1 saturated heterocycles. The first-order valence-corrected chi connectivity index (χ1v) is 10.6. The SMILES string of the molecule is Cc1ccccc1Nc1nnc(SCC(=O)N2CCCCCCC2)s1. The molecule has 0 aliphatic carbocycles. The van der Waals surface area contributed by atoms with Gasteiger partial charge < -0.3 is 10.2 Å². The van der Waals surface area contributed by atoms with Crippen molar-refractivity contribution in [2.45, 2.75) is 43.4 Å². The van der Waals surface area contributed by atoms with Gasteiger partial charge in [0.05, 0.1) is 5.75 Å². The maximum Gasteiger partial charge on any atom is 0.233 e. The van der Waals surface area contributed by atoms with Gasteiger partial charge in [-0.1, -0.05) is 60.6 Å². The summed E-state index contributed by atoms with van der Waals surface area (Å²) in [5.41, 5.74) is 2.20. The van der Waals surface area contributed by atoms with Gasteiger partial charge in [0.2, 0.25) is 11.0 Å². The van der Waals surface area contributed by atoms with Crippen molar-refractivity contribution in [1.29, 1.82) is 0 Å². The molecule has 7 heteroatoms. The molecule has 1 aromatic carbocycles. The summed E-state index contributed by atoms with van der Waals surface area (Å²) in [7, 11) is 0. The number of carbonyl (C=O) groups is 1. The smallest absolute Gasteiger partial charge is 0.233 e. The predicted molar refractivity (Wildman–Crippen MR) is 105 cm³/mol. The first-order chi connectivity index (χ1) is 12.2. The van der Waals surface area contributed by atoms with E-state index < -0.39 is 0 Å². The second-order valence-corrected chi connectivity index (χ2v) is 8.45. The van der Waals surface area contributed by atoms with Crippen LogP contribution >= 0.6 is 23.1 Å². The van der Waals surface area contributed by atoms with Crippen molar-refractivity contribution in [3.63, 3.8) is 0 Å². The number of likely N-dealkylation sites (tertiary alicyclic amines) is 1. The number of hydrogen-bond donors (Lipinski definition) is 1. The highest BCUT2D eigenvalue weighted by atomic mass is 32.2. The average molecular weight is 377 g/mol. The summed E-state index contributed by atoms with van der Waals surface area (Å²) in [5.74, 6) is 0.662. The number of nitrogens with one attached hydrogen (secondary N) is 1. The number of aromatic nitrogens is 2. The topological polar surface area (TPSA) is 58.1 Å². The van der Waals surface area contributed by atoms with E-state index in [2.05, 4.69) is 28.5 Å². The molecular formula is C18H24N4OS2. The number of nitrogens with zero attached hydrogens (tertiary/aromatic N) is 3. The van der Waals surface area contributed by atoms with Crippen LogP contribution in [0, 0.1) is 6.92 Å². The zero-order valence-electron chi connectivity index (χ0n) is 14.5. The predicted octanol–water partition coefficient (Wildman–Crippen LogP) is 4.47. The molecule has 134 valence electrons. The van der Waals surface area contributed by atoms with E-state index in [1.807, 2.05) is 23.1 Å². The van der Waals surface area contributed by atoms with Crippen molar-refractivity contribution in [2.75, 3.05) is 24.2 Å². The molecule has 1 N–H and O–H groups in total. The molecular weight excluding hydrogens is 352 g/mol. The molecule has 2 aromatic rings. The molecule has 1 aliphatic rings. The molecule has 3 rings (SSSR count). The first-order valence-electron chi connectivity index (χ1n) is 8.79. The van der Waals surface area contributed by atoms with Crippen LogP contribution in [0.25, 0.3) is 0 Å². The Bertz CT molecular complexity index is 696. The zero-order valence-corrected chi connectivity index (χ0v) is 16.2. The van der Waals surface area contributed by atoms with Gasteiger partial charge in [0.1, 0.15) is 0 Å². The van der Waals surface area contributed by atoms with E-state index in [0.29, 0.717) is 5.75 Å². The average Bonchev–Trinajstić information content (AvgIpc) is 3.02. The Hall–Kier alpha value is -1.60. The molecule has 0 unspecified atom stereocenters. The second kappa shape index (κ2) is 9.20. The number of carbonyl (C=O) groups excluding carboxylic acids is 1. The van der Waals surface area contributed by atoms with Crippen molar-refractivity contribution < 1.29 is 4.79 Å². The van der Waals surface area contributed by atoms with Crippen molar-refractivity contribution in [1.82, 2.24) is 15.1 Å². The molecule has 25 heavy (non-hydrogen) atoms. The normalized spacial score (nSPS) is 15.5. The molecule has 2 heterocycles. The van der Waals surface area contributed by atoms with Crippen LogP contribution in [0.5, 0.6) is 0 Å². The Balaban J connectivity index is 1.51. The van der Waals surface area contributed by atoms with Crippen LogP contribution in [-0.4, -0.2) is 39.8 Å². The summed E-state index contributed by atoms with van der Waals surface area (Å²) in [6.45, 7) is 3.85. The van der Waals surface area contributed by atoms with Crippen molar-refractivity contribution >= 4 is 39.8 Å². The first kappa shape index (κ1) is 18.2. The fourth-order valence-corrected chi connectivity index (χ4v) is 4.53. The van der Waals surface area contributed by atoms with E-state index in [1.54, 1.807) is 0 Å². The van der Waals surface area contributed by atoms with Crippen LogP contribution in [0.3, 0.4) is 0 Å². The Morgan fingerprint density at radius 1 is 1.16 bits per heavy atom. The number of hydrogen-bond acceptors (Lipinski definition) is 6. The Morgan fingerprint density at radius 2 is 1.88 bits per heavy atom. The van der Waals surface area contributed by atoms with Crippen LogP contribution < -0.4 is 5.32 Å². The van der Waals surface area contributed by atoms with Crippen LogP contribution in [-0.2, 0) is 4.79 Å². The highest BCUT2D eigenvalue weighted by molar-refractivity contribution is 8.01. The molecule has 5 nitrogen and oxygen atoms in total. The molecule has 1 fully saturated rings. The minimum absolute atomic E-state index is 0.218. The third-order valence-corrected chi connectivity index (χ3v) is 6.28. The van der Waals surface area contributed by atoms with Gasteiger partial charge in [0.15, 0.2) is 4.34 Å². The molecule has 0 bridgehead atoms. The number of benzene rings is 1. The lowest BCUT2D eigenvalue weighted by molar-refractivity contribution is -0.128. The fourth-order valence-electron chi connectivity index (χ4n) is 2.86.